The minimum Gasteiger partial charge on any atom is -0.462 e. The molecule has 114 valence electrons. The first kappa shape index (κ1) is 14.5. The summed E-state index contributed by atoms with van der Waals surface area (Å²) in [7, 11) is 2.19. The van der Waals surface area contributed by atoms with Gasteiger partial charge >= 0.3 is 5.97 Å². The molecule has 21 heavy (non-hydrogen) atoms. The molecule has 0 aliphatic carbocycles. The van der Waals surface area contributed by atoms with Gasteiger partial charge in [0.25, 0.3) is 0 Å². The van der Waals surface area contributed by atoms with E-state index in [4.69, 9.17) is 10.5 Å². The highest BCUT2D eigenvalue weighted by molar-refractivity contribution is 5.78. The minimum atomic E-state index is -0.344. The number of benzene rings is 1. The Labute approximate surface area is 126 Å². The topological polar surface area (TPSA) is 55.6 Å². The zero-order valence-electron chi connectivity index (χ0n) is 12.6. The Morgan fingerprint density at radius 3 is 2.48 bits per heavy atom. The van der Waals surface area contributed by atoms with Crippen LogP contribution >= 0.6 is 0 Å². The molecular weight excluding hydrogens is 264 g/mol. The molecule has 2 bridgehead atoms. The molecule has 2 fully saturated rings. The highest BCUT2D eigenvalue weighted by Crippen LogP contribution is 2.36. The van der Waals surface area contributed by atoms with Gasteiger partial charge in [0.05, 0.1) is 5.92 Å². The van der Waals surface area contributed by atoms with E-state index in [1.54, 1.807) is 0 Å². The number of hydrogen-bond acceptors (Lipinski definition) is 4. The van der Waals surface area contributed by atoms with Crippen molar-refractivity contribution >= 4 is 5.97 Å². The molecule has 1 aromatic rings. The second kappa shape index (κ2) is 6.16. The Hall–Kier alpha value is -1.39. The number of rotatable bonds is 4. The third-order valence-corrected chi connectivity index (χ3v) is 5.06. The third kappa shape index (κ3) is 2.97. The van der Waals surface area contributed by atoms with Gasteiger partial charge in [-0.3, -0.25) is 4.79 Å². The van der Waals surface area contributed by atoms with Gasteiger partial charge in [0.15, 0.2) is 0 Å². The largest absolute Gasteiger partial charge is 0.462 e. The summed E-state index contributed by atoms with van der Waals surface area (Å²) in [5.41, 5.74) is 6.74. The fourth-order valence-electron chi connectivity index (χ4n) is 3.76. The van der Waals surface area contributed by atoms with Crippen molar-refractivity contribution in [2.75, 3.05) is 13.6 Å². The Balaban J connectivity index is 1.63. The SMILES string of the molecule is CN1[C@@H]2CC[C@H]1CC(OC(=O)C(CN)c1ccccc1)C2. The number of hydrogen-bond donors (Lipinski definition) is 1. The molecule has 4 atom stereocenters. The van der Waals surface area contributed by atoms with Gasteiger partial charge in [0.2, 0.25) is 0 Å². The molecule has 0 amide bonds. The predicted molar refractivity (Wildman–Crippen MR) is 81.9 cm³/mol. The van der Waals surface area contributed by atoms with Crippen LogP contribution in [0.25, 0.3) is 0 Å². The zero-order valence-corrected chi connectivity index (χ0v) is 12.6. The fraction of sp³-hybridized carbons (Fsp3) is 0.588. The summed E-state index contributed by atoms with van der Waals surface area (Å²) in [4.78, 5) is 14.9. The number of piperidine rings is 1. The maximum absolute atomic E-state index is 12.4. The van der Waals surface area contributed by atoms with Crippen LogP contribution in [0.2, 0.25) is 0 Å². The van der Waals surface area contributed by atoms with Crippen molar-refractivity contribution in [3.05, 3.63) is 35.9 Å². The van der Waals surface area contributed by atoms with E-state index in [9.17, 15) is 4.79 Å². The van der Waals surface area contributed by atoms with Gasteiger partial charge in [-0.1, -0.05) is 30.3 Å². The number of nitrogens with two attached hydrogens (primary N) is 1. The number of ether oxygens (including phenoxy) is 1. The maximum Gasteiger partial charge on any atom is 0.314 e. The lowest BCUT2D eigenvalue weighted by Gasteiger charge is -2.36. The van der Waals surface area contributed by atoms with Crippen LogP contribution < -0.4 is 5.73 Å². The molecule has 4 heteroatoms. The maximum atomic E-state index is 12.4. The summed E-state index contributed by atoms with van der Waals surface area (Å²) < 4.78 is 5.78. The Morgan fingerprint density at radius 2 is 1.90 bits per heavy atom. The molecule has 0 aromatic heterocycles. The molecule has 2 heterocycles. The van der Waals surface area contributed by atoms with Gasteiger partial charge in [0, 0.05) is 18.6 Å². The van der Waals surface area contributed by atoms with E-state index in [-0.39, 0.29) is 18.0 Å². The number of esters is 1. The molecule has 2 N–H and O–H groups in total. The lowest BCUT2D eigenvalue weighted by molar-refractivity contribution is -0.154. The highest BCUT2D eigenvalue weighted by atomic mass is 16.5. The zero-order chi connectivity index (χ0) is 14.8. The summed E-state index contributed by atoms with van der Waals surface area (Å²) in [5, 5.41) is 0. The van der Waals surface area contributed by atoms with Crippen molar-refractivity contribution in [1.29, 1.82) is 0 Å². The van der Waals surface area contributed by atoms with Crippen LogP contribution in [0.3, 0.4) is 0 Å². The van der Waals surface area contributed by atoms with Crippen LogP contribution in [0.5, 0.6) is 0 Å². The van der Waals surface area contributed by atoms with E-state index in [2.05, 4.69) is 11.9 Å². The van der Waals surface area contributed by atoms with E-state index in [1.807, 2.05) is 30.3 Å². The average molecular weight is 288 g/mol. The number of nitrogens with zero attached hydrogens (tertiary/aromatic N) is 1. The molecular formula is C17H24N2O2. The van der Waals surface area contributed by atoms with Gasteiger partial charge in [0.1, 0.15) is 6.10 Å². The smallest absolute Gasteiger partial charge is 0.314 e. The summed E-state index contributed by atoms with van der Waals surface area (Å²) >= 11 is 0. The molecule has 2 saturated heterocycles. The van der Waals surface area contributed by atoms with Crippen LogP contribution in [-0.4, -0.2) is 42.6 Å². The van der Waals surface area contributed by atoms with Crippen molar-refractivity contribution in [2.24, 2.45) is 5.73 Å². The summed E-state index contributed by atoms with van der Waals surface area (Å²) in [6.07, 6.45) is 4.45. The quantitative estimate of drug-likeness (QED) is 0.860. The first-order valence-electron chi connectivity index (χ1n) is 7.86. The average Bonchev–Trinajstić information content (AvgIpc) is 2.72. The fourth-order valence-corrected chi connectivity index (χ4v) is 3.76. The number of carbonyl (C=O) groups excluding carboxylic acids is 1. The Bertz CT molecular complexity index is 477. The van der Waals surface area contributed by atoms with Gasteiger partial charge in [-0.15, -0.1) is 0 Å². The van der Waals surface area contributed by atoms with Gasteiger partial charge in [-0.05, 0) is 38.3 Å². The number of fused-ring (bicyclic) bond motifs is 2. The molecule has 0 saturated carbocycles. The number of carbonyl (C=O) groups is 1. The van der Waals surface area contributed by atoms with Crippen LogP contribution in [0.1, 0.15) is 37.2 Å². The molecule has 2 unspecified atom stereocenters. The lowest BCUT2D eigenvalue weighted by Crippen LogP contribution is -2.44. The van der Waals surface area contributed by atoms with Crippen LogP contribution in [0.4, 0.5) is 0 Å². The normalized spacial score (nSPS) is 30.1. The molecule has 1 aromatic carbocycles. The second-order valence-electron chi connectivity index (χ2n) is 6.28. The van der Waals surface area contributed by atoms with Crippen LogP contribution in [0, 0.1) is 0 Å². The molecule has 3 rings (SSSR count). The highest BCUT2D eigenvalue weighted by Gasteiger charge is 2.40. The van der Waals surface area contributed by atoms with E-state index in [0.717, 1.165) is 18.4 Å². The van der Waals surface area contributed by atoms with Gasteiger partial charge in [-0.25, -0.2) is 0 Å². The van der Waals surface area contributed by atoms with E-state index in [1.165, 1.54) is 12.8 Å². The summed E-state index contributed by atoms with van der Waals surface area (Å²) in [6.45, 7) is 0.294. The monoisotopic (exact) mass is 288 g/mol. The predicted octanol–water partition coefficient (Wildman–Crippen LogP) is 1.90. The molecule has 2 aliphatic heterocycles. The molecule has 4 nitrogen and oxygen atoms in total. The molecule has 2 aliphatic rings. The second-order valence-corrected chi connectivity index (χ2v) is 6.28. The Morgan fingerprint density at radius 1 is 1.29 bits per heavy atom. The van der Waals surface area contributed by atoms with Crippen molar-refractivity contribution in [3.8, 4) is 0 Å². The van der Waals surface area contributed by atoms with E-state index < -0.39 is 0 Å². The molecule has 0 radical (unpaired) electrons. The van der Waals surface area contributed by atoms with Gasteiger partial charge < -0.3 is 15.4 Å². The summed E-state index contributed by atoms with van der Waals surface area (Å²) in [6, 6.07) is 10.8. The molecule has 0 spiro atoms. The van der Waals surface area contributed by atoms with E-state index >= 15 is 0 Å². The van der Waals surface area contributed by atoms with Crippen LogP contribution in [0.15, 0.2) is 30.3 Å². The van der Waals surface area contributed by atoms with Crippen molar-refractivity contribution in [1.82, 2.24) is 4.90 Å². The van der Waals surface area contributed by atoms with Crippen molar-refractivity contribution in [3.63, 3.8) is 0 Å². The first-order valence-corrected chi connectivity index (χ1v) is 7.86. The van der Waals surface area contributed by atoms with E-state index in [0.29, 0.717) is 18.6 Å². The standard InChI is InChI=1S/C17H24N2O2/c1-19-13-7-8-14(19)10-15(9-13)21-17(20)16(11-18)12-5-3-2-4-6-12/h2-6,13-16H,7-11,18H2,1H3/t13-,14+,15?,16?. The van der Waals surface area contributed by atoms with Crippen molar-refractivity contribution in [2.45, 2.75) is 49.8 Å². The summed E-state index contributed by atoms with van der Waals surface area (Å²) in [5.74, 6) is -0.513. The lowest BCUT2D eigenvalue weighted by atomic mass is 9.98. The first-order chi connectivity index (χ1) is 10.2. The third-order valence-electron chi connectivity index (χ3n) is 5.06. The minimum absolute atomic E-state index is 0.0592. The van der Waals surface area contributed by atoms with Crippen LogP contribution in [-0.2, 0) is 9.53 Å². The Kier molecular flexibility index (Phi) is 4.27. The van der Waals surface area contributed by atoms with Crippen molar-refractivity contribution < 1.29 is 9.53 Å². The van der Waals surface area contributed by atoms with Gasteiger partial charge in [-0.2, -0.15) is 0 Å².